The van der Waals surface area contributed by atoms with Gasteiger partial charge in [0, 0.05) is 0 Å². The summed E-state index contributed by atoms with van der Waals surface area (Å²) in [6.45, 7) is -0.422. The Labute approximate surface area is 96.2 Å². The summed E-state index contributed by atoms with van der Waals surface area (Å²) in [4.78, 5) is 42.6. The molecule has 3 amide bonds. The van der Waals surface area contributed by atoms with Crippen LogP contribution in [0.25, 0.3) is 0 Å². The van der Waals surface area contributed by atoms with Crippen molar-refractivity contribution in [1.29, 1.82) is 0 Å². The molecule has 0 rings (SSSR count). The Morgan fingerprint density at radius 1 is 1.06 bits per heavy atom. The van der Waals surface area contributed by atoms with Gasteiger partial charge in [-0.15, -0.1) is 0 Å². The zero-order valence-corrected chi connectivity index (χ0v) is 8.88. The summed E-state index contributed by atoms with van der Waals surface area (Å²) in [6.07, 6.45) is -0.357. The van der Waals surface area contributed by atoms with Crippen molar-refractivity contribution in [2.24, 2.45) is 22.4 Å². The number of nitrogens with one attached hydrogen (secondary N) is 2. The lowest BCUT2D eigenvalue weighted by atomic mass is 10.2. The van der Waals surface area contributed by atoms with Crippen LogP contribution in [-0.4, -0.2) is 36.3 Å². The van der Waals surface area contributed by atoms with Crippen LogP contribution >= 0.6 is 0 Å². The van der Waals surface area contributed by atoms with Crippen LogP contribution < -0.4 is 28.1 Å². The van der Waals surface area contributed by atoms with Gasteiger partial charge < -0.3 is 17.2 Å². The number of rotatable bonds is 6. The molecule has 0 aromatic rings. The van der Waals surface area contributed by atoms with E-state index in [1.54, 1.807) is 0 Å². The average Bonchev–Trinajstić information content (AvgIpc) is 2.24. The van der Waals surface area contributed by atoms with Gasteiger partial charge in [-0.05, 0) is 0 Å². The summed E-state index contributed by atoms with van der Waals surface area (Å²) in [6, 6.07) is -2.34. The van der Waals surface area contributed by atoms with Gasteiger partial charge in [0.1, 0.15) is 12.6 Å². The van der Waals surface area contributed by atoms with E-state index >= 15 is 0 Å². The molecular formula is C7H14N6O4. The maximum atomic E-state index is 11.2. The zero-order chi connectivity index (χ0) is 13.4. The number of amides is 3. The first-order chi connectivity index (χ1) is 7.88. The van der Waals surface area contributed by atoms with Gasteiger partial charge in [-0.2, -0.15) is 4.91 Å². The van der Waals surface area contributed by atoms with E-state index in [2.05, 4.69) is 5.18 Å². The number of nitrogens with zero attached hydrogens (tertiary/aromatic N) is 1. The van der Waals surface area contributed by atoms with E-state index in [9.17, 15) is 19.3 Å². The van der Waals surface area contributed by atoms with Crippen molar-refractivity contribution < 1.29 is 14.4 Å². The van der Waals surface area contributed by atoms with Gasteiger partial charge in [-0.1, -0.05) is 5.18 Å². The van der Waals surface area contributed by atoms with Gasteiger partial charge in [-0.3, -0.25) is 25.2 Å². The van der Waals surface area contributed by atoms with E-state index in [0.717, 1.165) is 0 Å². The number of hydrazine groups is 1. The molecule has 0 aliphatic carbocycles. The minimum atomic E-state index is -1.17. The lowest BCUT2D eigenvalue weighted by Crippen LogP contribution is -2.54. The molecule has 0 aliphatic heterocycles. The molecule has 0 aromatic heterocycles. The smallest absolute Gasteiger partial charge is 0.257 e. The molecule has 2 unspecified atom stereocenters. The molecule has 0 spiro atoms. The Kier molecular flexibility index (Phi) is 6.36. The van der Waals surface area contributed by atoms with Crippen molar-refractivity contribution in [3.8, 4) is 0 Å². The molecule has 2 atom stereocenters. The first-order valence-corrected chi connectivity index (χ1v) is 4.56. The molecule has 0 aliphatic rings. The Balaban J connectivity index is 4.02. The number of carbonyl (C=O) groups is 3. The molecule has 0 radical (unpaired) electrons. The van der Waals surface area contributed by atoms with Gasteiger partial charge in [0.15, 0.2) is 0 Å². The molecule has 10 nitrogen and oxygen atoms in total. The summed E-state index contributed by atoms with van der Waals surface area (Å²) in [5.74, 6) is -2.35. The van der Waals surface area contributed by atoms with Crippen molar-refractivity contribution in [3.05, 3.63) is 4.91 Å². The summed E-state index contributed by atoms with van der Waals surface area (Å²) < 4.78 is 0. The van der Waals surface area contributed by atoms with Gasteiger partial charge in [0.2, 0.25) is 5.91 Å². The highest BCUT2D eigenvalue weighted by Crippen LogP contribution is 1.86. The molecule has 0 bridgehead atoms. The van der Waals surface area contributed by atoms with Crippen molar-refractivity contribution in [3.63, 3.8) is 0 Å². The van der Waals surface area contributed by atoms with Gasteiger partial charge in [-0.25, -0.2) is 0 Å². The molecule has 0 fully saturated rings. The highest BCUT2D eigenvalue weighted by molar-refractivity contribution is 5.90. The van der Waals surface area contributed by atoms with E-state index in [0.29, 0.717) is 0 Å². The van der Waals surface area contributed by atoms with E-state index in [1.165, 1.54) is 0 Å². The van der Waals surface area contributed by atoms with Crippen LogP contribution in [0.1, 0.15) is 6.42 Å². The molecule has 0 saturated carbocycles. The normalized spacial score (nSPS) is 13.3. The van der Waals surface area contributed by atoms with Crippen molar-refractivity contribution in [2.75, 3.05) is 6.54 Å². The van der Waals surface area contributed by atoms with Crippen LogP contribution in [0.3, 0.4) is 0 Å². The maximum Gasteiger partial charge on any atom is 0.257 e. The monoisotopic (exact) mass is 246 g/mol. The zero-order valence-electron chi connectivity index (χ0n) is 8.88. The molecule has 8 N–H and O–H groups in total. The minimum absolute atomic E-state index is 0.357. The lowest BCUT2D eigenvalue weighted by Gasteiger charge is -2.13. The van der Waals surface area contributed by atoms with Crippen LogP contribution in [0.4, 0.5) is 0 Å². The quantitative estimate of drug-likeness (QED) is 0.238. The largest absolute Gasteiger partial charge is 0.370 e. The highest BCUT2D eigenvalue weighted by Gasteiger charge is 2.18. The fraction of sp³-hybridized carbons (Fsp3) is 0.571. The Hall–Kier alpha value is -2.07. The van der Waals surface area contributed by atoms with Crippen LogP contribution in [0.2, 0.25) is 0 Å². The third-order valence-corrected chi connectivity index (χ3v) is 1.67. The molecule has 17 heavy (non-hydrogen) atoms. The Morgan fingerprint density at radius 2 is 1.53 bits per heavy atom. The molecule has 10 heteroatoms. The number of hydrogen-bond donors (Lipinski definition) is 5. The lowest BCUT2D eigenvalue weighted by molar-refractivity contribution is -0.131. The first kappa shape index (κ1) is 14.9. The number of primary amides is 1. The van der Waals surface area contributed by atoms with Gasteiger partial charge in [0.25, 0.3) is 11.8 Å². The maximum absolute atomic E-state index is 11.2. The second-order valence-corrected chi connectivity index (χ2v) is 3.17. The first-order valence-electron chi connectivity index (χ1n) is 4.56. The number of nitrogens with two attached hydrogens (primary N) is 3. The van der Waals surface area contributed by atoms with E-state index in [1.807, 2.05) is 10.9 Å². The Bertz CT molecular complexity index is 319. The fourth-order valence-electron chi connectivity index (χ4n) is 0.781. The second-order valence-electron chi connectivity index (χ2n) is 3.17. The van der Waals surface area contributed by atoms with Crippen LogP contribution in [0, 0.1) is 4.91 Å². The van der Waals surface area contributed by atoms with Crippen LogP contribution in [0.5, 0.6) is 0 Å². The van der Waals surface area contributed by atoms with Gasteiger partial charge >= 0.3 is 0 Å². The predicted molar refractivity (Wildman–Crippen MR) is 56.7 cm³/mol. The summed E-state index contributed by atoms with van der Waals surface area (Å²) in [5.41, 5.74) is 19.2. The molecule has 96 valence electrons. The van der Waals surface area contributed by atoms with Gasteiger partial charge in [0.05, 0.1) is 12.5 Å². The van der Waals surface area contributed by atoms with Crippen molar-refractivity contribution >= 4 is 17.7 Å². The van der Waals surface area contributed by atoms with Crippen molar-refractivity contribution in [1.82, 2.24) is 10.9 Å². The highest BCUT2D eigenvalue weighted by atomic mass is 16.3. The molecular weight excluding hydrogens is 232 g/mol. The summed E-state index contributed by atoms with van der Waals surface area (Å²) in [5, 5.41) is 2.42. The number of nitroso groups, excluding NO2 is 1. The predicted octanol–water partition coefficient (Wildman–Crippen LogP) is -3.57. The fourth-order valence-corrected chi connectivity index (χ4v) is 0.781. The van der Waals surface area contributed by atoms with E-state index in [4.69, 9.17) is 17.2 Å². The number of hydrogen-bond acceptors (Lipinski definition) is 7. The van der Waals surface area contributed by atoms with Crippen LogP contribution in [0.15, 0.2) is 5.18 Å². The summed E-state index contributed by atoms with van der Waals surface area (Å²) >= 11 is 0. The SMILES string of the molecule is NC(=O)CC(N)C(=O)NNC(=O)C(N)CN=O. The Morgan fingerprint density at radius 3 is 1.94 bits per heavy atom. The number of carbonyl (C=O) groups excluding carboxylic acids is 3. The second kappa shape index (κ2) is 7.24. The van der Waals surface area contributed by atoms with Crippen LogP contribution in [-0.2, 0) is 14.4 Å². The third-order valence-electron chi connectivity index (χ3n) is 1.67. The van der Waals surface area contributed by atoms with Crippen molar-refractivity contribution in [2.45, 2.75) is 18.5 Å². The third kappa shape index (κ3) is 6.17. The molecule has 0 saturated heterocycles. The molecule has 0 heterocycles. The topological polar surface area (TPSA) is 183 Å². The molecule has 0 aromatic carbocycles. The summed E-state index contributed by atoms with van der Waals surface area (Å²) in [7, 11) is 0. The van der Waals surface area contributed by atoms with E-state index < -0.39 is 36.3 Å². The van der Waals surface area contributed by atoms with E-state index in [-0.39, 0.29) is 6.42 Å². The standard InChI is InChI=1S/C7H14N6O4/c8-3(1-5(10)14)6(15)12-13-7(16)4(9)2-11-17/h3-4H,1-2,8-9H2,(H2,10,14)(H,12,15)(H,13,16). The average molecular weight is 246 g/mol. The minimum Gasteiger partial charge on any atom is -0.370 e.